The Kier molecular flexibility index (Phi) is 442. The summed E-state index contributed by atoms with van der Waals surface area (Å²) in [6.45, 7) is 0. The molecule has 0 aromatic heterocycles. The third-order valence-electron chi connectivity index (χ3n) is 0. The molecule has 22 valence electrons. The molecule has 0 aliphatic rings. The Bertz CT molecular complexity index is 6.00. The molecule has 0 aliphatic heterocycles. The van der Waals surface area contributed by atoms with Crippen LogP contribution in [0.4, 0.5) is 0 Å². The Hall–Kier alpha value is 0.560. The minimum absolute atomic E-state index is 0. The molecule has 0 saturated carbocycles. The molecule has 0 saturated heterocycles. The van der Waals surface area contributed by atoms with Crippen LogP contribution in [-0.4, -0.2) is 35.0 Å². The van der Waals surface area contributed by atoms with Gasteiger partial charge in [0.05, 0.1) is 0 Å². The van der Waals surface area contributed by atoms with Gasteiger partial charge in [-0.05, 0) is 0 Å². The molecule has 0 bridgehead atoms. The van der Waals surface area contributed by atoms with E-state index in [4.69, 9.17) is 4.91 Å². The monoisotopic (exact) mass is 73.0 g/mol. The molecule has 3 nitrogen and oxygen atoms in total. The van der Waals surface area contributed by atoms with Crippen LogP contribution in [0, 0.1) is 10.5 Å². The standard InChI is InChI=1S/HNO.Na.H2O.H/c1-2;;;/h1H;;1H2;. The zero-order valence-electron chi connectivity index (χ0n) is 1.41. The summed E-state index contributed by atoms with van der Waals surface area (Å²) >= 11 is 0. The Labute approximate surface area is 45.8 Å². The second-order valence-corrected chi connectivity index (χ2v) is 0. The van der Waals surface area contributed by atoms with Gasteiger partial charge >= 0.3 is 29.6 Å². The SMILES string of the molecule is N=O.O.[NaH]. The van der Waals surface area contributed by atoms with Crippen molar-refractivity contribution in [1.29, 1.82) is 5.59 Å². The van der Waals surface area contributed by atoms with Crippen LogP contribution < -0.4 is 0 Å². The first-order chi connectivity index (χ1) is 1.00. The topological polar surface area (TPSA) is 72.4 Å². The number of nitrogens with one attached hydrogen (secondary N) is 1. The van der Waals surface area contributed by atoms with Gasteiger partial charge in [0.15, 0.2) is 0 Å². The van der Waals surface area contributed by atoms with E-state index in [1.807, 2.05) is 0 Å². The molecule has 4 heteroatoms. The summed E-state index contributed by atoms with van der Waals surface area (Å²) in [6.07, 6.45) is 0. The van der Waals surface area contributed by atoms with Crippen molar-refractivity contribution >= 4 is 29.6 Å². The fourth-order valence-corrected chi connectivity index (χ4v) is 0. The molecular formula is H4NNaO2. The Morgan fingerprint density at radius 2 is 1.25 bits per heavy atom. The quantitative estimate of drug-likeness (QED) is 0.285. The van der Waals surface area contributed by atoms with E-state index >= 15 is 0 Å². The molecule has 0 rings (SSSR count). The number of rotatable bonds is 0. The maximum atomic E-state index is 7.50. The molecule has 0 aromatic carbocycles. The van der Waals surface area contributed by atoms with Gasteiger partial charge in [-0.2, -0.15) is 4.91 Å². The van der Waals surface area contributed by atoms with Crippen LogP contribution in [-0.2, 0) is 0 Å². The Balaban J connectivity index is -0.00000000500. The zero-order chi connectivity index (χ0) is 2.00. The maximum absolute atomic E-state index is 7.50. The van der Waals surface area contributed by atoms with Crippen LogP contribution in [0.25, 0.3) is 0 Å². The summed E-state index contributed by atoms with van der Waals surface area (Å²) in [5, 5.41) is 0. The Morgan fingerprint density at radius 1 is 1.25 bits per heavy atom. The average Bonchev–Trinajstić information content (AvgIpc) is 1.00. The van der Waals surface area contributed by atoms with E-state index in [2.05, 4.69) is 5.59 Å². The van der Waals surface area contributed by atoms with Crippen LogP contribution in [0.3, 0.4) is 0 Å². The summed E-state index contributed by atoms with van der Waals surface area (Å²) in [5.74, 6) is 0. The van der Waals surface area contributed by atoms with Crippen molar-refractivity contribution in [1.82, 2.24) is 0 Å². The van der Waals surface area contributed by atoms with Gasteiger partial charge in [0.1, 0.15) is 0 Å². The van der Waals surface area contributed by atoms with E-state index in [1.54, 1.807) is 0 Å². The molecule has 0 heterocycles. The molecule has 3 N–H and O–H groups in total. The summed E-state index contributed by atoms with van der Waals surface area (Å²) < 4.78 is 0. The predicted octanol–water partition coefficient (Wildman–Crippen LogP) is -1.14. The second kappa shape index (κ2) is 74.4. The average molecular weight is 73.0 g/mol. The third kappa shape index (κ3) is 19.9. The van der Waals surface area contributed by atoms with E-state index < -0.39 is 0 Å². The first-order valence-electron chi connectivity index (χ1n) is 0.204. The van der Waals surface area contributed by atoms with Crippen LogP contribution in [0.15, 0.2) is 0 Å². The fourth-order valence-electron chi connectivity index (χ4n) is 0. The van der Waals surface area contributed by atoms with Gasteiger partial charge in [0, 0.05) is 0 Å². The predicted molar refractivity (Wildman–Crippen MR) is 16.8 cm³/mol. The van der Waals surface area contributed by atoms with Crippen molar-refractivity contribution in [2.45, 2.75) is 0 Å². The molecule has 0 radical (unpaired) electrons. The summed E-state index contributed by atoms with van der Waals surface area (Å²) in [6, 6.07) is 0. The van der Waals surface area contributed by atoms with E-state index in [0.29, 0.717) is 0 Å². The van der Waals surface area contributed by atoms with Crippen molar-refractivity contribution in [3.63, 3.8) is 0 Å². The van der Waals surface area contributed by atoms with Crippen molar-refractivity contribution in [2.75, 3.05) is 0 Å². The van der Waals surface area contributed by atoms with Crippen LogP contribution >= 0.6 is 0 Å². The van der Waals surface area contributed by atoms with Crippen molar-refractivity contribution in [3.8, 4) is 0 Å². The van der Waals surface area contributed by atoms with Crippen molar-refractivity contribution < 1.29 is 5.48 Å². The normalized spacial score (nSPS) is 1.00. The molecular weight excluding hydrogens is 69.0 g/mol. The summed E-state index contributed by atoms with van der Waals surface area (Å²) in [4.78, 5) is 7.50. The van der Waals surface area contributed by atoms with Crippen LogP contribution in [0.5, 0.6) is 0 Å². The molecule has 0 amide bonds. The number of hydrogen-bond donors (Lipinski definition) is 1. The second-order valence-electron chi connectivity index (χ2n) is 0. The molecule has 0 fully saturated rings. The van der Waals surface area contributed by atoms with Crippen LogP contribution in [0.2, 0.25) is 0 Å². The fraction of sp³-hybridized carbons (Fsp3) is 0. The van der Waals surface area contributed by atoms with E-state index in [-0.39, 0.29) is 35.0 Å². The molecule has 4 heavy (non-hydrogen) atoms. The van der Waals surface area contributed by atoms with Gasteiger partial charge in [0.2, 0.25) is 0 Å². The number of hydrogen-bond acceptors (Lipinski definition) is 2. The molecule has 0 aliphatic carbocycles. The third-order valence-corrected chi connectivity index (χ3v) is 0. The van der Waals surface area contributed by atoms with Gasteiger partial charge in [-0.3, -0.25) is 0 Å². The van der Waals surface area contributed by atoms with E-state index in [9.17, 15) is 0 Å². The number of nitroso groups, excluding NO2 is 1. The van der Waals surface area contributed by atoms with Crippen molar-refractivity contribution in [3.05, 3.63) is 4.91 Å². The summed E-state index contributed by atoms with van der Waals surface area (Å²) in [7, 11) is 0. The van der Waals surface area contributed by atoms with Gasteiger partial charge in [-0.1, -0.05) is 5.59 Å². The molecule has 0 spiro atoms. The minimum atomic E-state index is 0. The molecule has 0 atom stereocenters. The zero-order valence-corrected chi connectivity index (χ0v) is 1.41. The van der Waals surface area contributed by atoms with Gasteiger partial charge in [-0.25, -0.2) is 0 Å². The van der Waals surface area contributed by atoms with Crippen LogP contribution in [0.1, 0.15) is 0 Å². The molecule has 0 unspecified atom stereocenters. The van der Waals surface area contributed by atoms with Crippen molar-refractivity contribution in [2.24, 2.45) is 0 Å². The van der Waals surface area contributed by atoms with Gasteiger partial charge in [0.25, 0.3) is 0 Å². The Morgan fingerprint density at radius 3 is 1.25 bits per heavy atom. The first-order valence-corrected chi connectivity index (χ1v) is 0.204. The first kappa shape index (κ1) is 23.7. The van der Waals surface area contributed by atoms with Gasteiger partial charge in [-0.15, -0.1) is 0 Å². The summed E-state index contributed by atoms with van der Waals surface area (Å²) in [5.41, 5.74) is 4.50. The molecule has 0 aromatic rings. The van der Waals surface area contributed by atoms with E-state index in [1.165, 1.54) is 0 Å². The van der Waals surface area contributed by atoms with Gasteiger partial charge < -0.3 is 5.48 Å². The van der Waals surface area contributed by atoms with E-state index in [0.717, 1.165) is 0 Å².